The Morgan fingerprint density at radius 2 is 2.27 bits per heavy atom. The molecule has 1 aromatic rings. The van der Waals surface area contributed by atoms with E-state index in [0.29, 0.717) is 32.1 Å². The van der Waals surface area contributed by atoms with E-state index in [0.717, 1.165) is 0 Å². The number of aryl methyl sites for hydroxylation is 1. The second kappa shape index (κ2) is 5.63. The first-order valence-corrected chi connectivity index (χ1v) is 9.89. The van der Waals surface area contributed by atoms with Gasteiger partial charge in [0.05, 0.1) is 28.1 Å². The molecule has 0 radical (unpaired) electrons. The average molecular weight is 378 g/mol. The lowest BCUT2D eigenvalue weighted by Gasteiger charge is -2.09. The van der Waals surface area contributed by atoms with Gasteiger partial charge in [-0.3, -0.25) is 4.79 Å². The van der Waals surface area contributed by atoms with E-state index < -0.39 is 9.84 Å². The molecule has 2 aliphatic heterocycles. The highest BCUT2D eigenvalue weighted by atomic mass is 35.5. The summed E-state index contributed by atoms with van der Waals surface area (Å²) in [6.45, 7) is 1.77. The minimum Gasteiger partial charge on any atom is -0.307 e. The number of nitrogens with zero attached hydrogens (tertiary/aromatic N) is 2. The van der Waals surface area contributed by atoms with E-state index in [2.05, 4.69) is 10.4 Å². The maximum Gasteiger partial charge on any atom is 0.263 e. The maximum absolute atomic E-state index is 11.7. The highest BCUT2D eigenvalue weighted by Crippen LogP contribution is 2.33. The Bertz CT molecular complexity index is 813. The van der Waals surface area contributed by atoms with Gasteiger partial charge in [-0.1, -0.05) is 35.6 Å². The number of halogens is 1. The van der Waals surface area contributed by atoms with Crippen molar-refractivity contribution in [3.05, 3.63) is 21.3 Å². The summed E-state index contributed by atoms with van der Waals surface area (Å²) in [7, 11) is -3.02. The van der Waals surface area contributed by atoms with Crippen molar-refractivity contribution in [1.29, 1.82) is 0 Å². The van der Waals surface area contributed by atoms with E-state index >= 15 is 0 Å². The molecule has 3 heterocycles. The number of carbonyl (C=O) groups is 1. The van der Waals surface area contributed by atoms with Crippen molar-refractivity contribution in [2.45, 2.75) is 19.4 Å². The molecule has 0 bridgehead atoms. The predicted molar refractivity (Wildman–Crippen MR) is 90.6 cm³/mol. The van der Waals surface area contributed by atoms with Crippen molar-refractivity contribution in [2.24, 2.45) is 0 Å². The van der Waals surface area contributed by atoms with Gasteiger partial charge >= 0.3 is 0 Å². The summed E-state index contributed by atoms with van der Waals surface area (Å²) in [6.07, 6.45) is 2.14. The van der Waals surface area contributed by atoms with Crippen LogP contribution < -0.4 is 5.32 Å². The molecule has 0 aliphatic carbocycles. The number of thiocarbonyl (C=S) groups is 1. The largest absolute Gasteiger partial charge is 0.307 e. The molecule has 10 heteroatoms. The molecule has 1 amide bonds. The van der Waals surface area contributed by atoms with Crippen LogP contribution in [0.4, 0.5) is 0 Å². The number of carbonyl (C=O) groups excluding carboxylic acids is 1. The van der Waals surface area contributed by atoms with Crippen molar-refractivity contribution in [2.75, 3.05) is 11.5 Å². The summed E-state index contributed by atoms with van der Waals surface area (Å²) in [5.74, 6) is -0.0689. The van der Waals surface area contributed by atoms with E-state index in [1.165, 1.54) is 11.8 Å². The fourth-order valence-corrected chi connectivity index (χ4v) is 5.54. The van der Waals surface area contributed by atoms with Gasteiger partial charge < -0.3 is 5.32 Å². The second-order valence-electron chi connectivity index (χ2n) is 5.14. The number of sulfone groups is 1. The summed E-state index contributed by atoms with van der Waals surface area (Å²) in [5.41, 5.74) is 1.27. The quantitative estimate of drug-likeness (QED) is 0.624. The Hall–Kier alpha value is -0.900. The van der Waals surface area contributed by atoms with E-state index in [1.54, 1.807) is 17.7 Å². The van der Waals surface area contributed by atoms with Crippen LogP contribution in [-0.2, 0) is 14.6 Å². The fourth-order valence-electron chi connectivity index (χ4n) is 2.46. The average Bonchev–Trinajstić information content (AvgIpc) is 3.02. The summed E-state index contributed by atoms with van der Waals surface area (Å²) in [5, 5.41) is 7.23. The highest BCUT2D eigenvalue weighted by molar-refractivity contribution is 8.26. The topological polar surface area (TPSA) is 81.1 Å². The summed E-state index contributed by atoms with van der Waals surface area (Å²) in [6, 6.07) is -0.255. The smallest absolute Gasteiger partial charge is 0.263 e. The van der Waals surface area contributed by atoms with Crippen molar-refractivity contribution < 1.29 is 13.2 Å². The Kier molecular flexibility index (Phi) is 4.09. The van der Waals surface area contributed by atoms with Crippen LogP contribution in [0.5, 0.6) is 0 Å². The van der Waals surface area contributed by atoms with Gasteiger partial charge in [0, 0.05) is 5.56 Å². The van der Waals surface area contributed by atoms with Crippen LogP contribution in [0, 0.1) is 6.92 Å². The van der Waals surface area contributed by atoms with Gasteiger partial charge in [0.15, 0.2) is 9.84 Å². The standard InChI is InChI=1S/C12H12ClN3O3S3/c1-6-8(4-9-11(17)14-12(20)21-9)10(13)16(15-6)7-2-3-22(18,19)5-7/h4,7H,2-3,5H2,1H3,(H,14,17,20)/b9-4-/t7-/m1/s1. The van der Waals surface area contributed by atoms with Gasteiger partial charge in [0.2, 0.25) is 0 Å². The Labute approximate surface area is 142 Å². The number of rotatable bonds is 2. The molecule has 6 nitrogen and oxygen atoms in total. The first kappa shape index (κ1) is 16.0. The monoisotopic (exact) mass is 377 g/mol. The lowest BCUT2D eigenvalue weighted by Crippen LogP contribution is -2.17. The Morgan fingerprint density at radius 3 is 2.82 bits per heavy atom. The van der Waals surface area contributed by atoms with Crippen LogP contribution in [0.3, 0.4) is 0 Å². The summed E-state index contributed by atoms with van der Waals surface area (Å²) < 4.78 is 25.2. The number of aromatic nitrogens is 2. The number of nitrogens with one attached hydrogen (secondary N) is 1. The summed E-state index contributed by atoms with van der Waals surface area (Å²) >= 11 is 12.5. The Balaban J connectivity index is 1.96. The minimum atomic E-state index is -3.02. The zero-order valence-electron chi connectivity index (χ0n) is 11.5. The third kappa shape index (κ3) is 2.94. The molecule has 0 aromatic carbocycles. The number of hydrogen-bond acceptors (Lipinski definition) is 6. The molecule has 118 valence electrons. The van der Waals surface area contributed by atoms with Crippen LogP contribution >= 0.6 is 35.6 Å². The second-order valence-corrected chi connectivity index (χ2v) is 9.45. The fraction of sp³-hybridized carbons (Fsp3) is 0.417. The minimum absolute atomic E-state index is 0.0448. The Morgan fingerprint density at radius 1 is 1.55 bits per heavy atom. The zero-order chi connectivity index (χ0) is 16.1. The molecule has 2 fully saturated rings. The van der Waals surface area contributed by atoms with Crippen LogP contribution in [-0.4, -0.2) is 39.9 Å². The number of thioether (sulfide) groups is 1. The molecule has 2 aliphatic rings. The molecule has 1 aromatic heterocycles. The van der Waals surface area contributed by atoms with Gasteiger partial charge in [-0.25, -0.2) is 13.1 Å². The first-order valence-electron chi connectivity index (χ1n) is 6.47. The van der Waals surface area contributed by atoms with Crippen LogP contribution in [0.25, 0.3) is 6.08 Å². The highest BCUT2D eigenvalue weighted by Gasteiger charge is 2.32. The van der Waals surface area contributed by atoms with E-state index in [9.17, 15) is 13.2 Å². The van der Waals surface area contributed by atoms with E-state index in [1.807, 2.05) is 0 Å². The van der Waals surface area contributed by atoms with Gasteiger partial charge in [-0.2, -0.15) is 5.10 Å². The van der Waals surface area contributed by atoms with Crippen molar-refractivity contribution in [3.8, 4) is 0 Å². The SMILES string of the molecule is Cc1nn([C@@H]2CCS(=O)(=O)C2)c(Cl)c1/C=C1\SC(=S)NC1=O. The normalized spacial score (nSPS) is 25.9. The molecule has 1 N–H and O–H groups in total. The molecule has 0 saturated carbocycles. The lowest BCUT2D eigenvalue weighted by molar-refractivity contribution is -0.115. The van der Waals surface area contributed by atoms with Crippen molar-refractivity contribution >= 4 is 61.7 Å². The van der Waals surface area contributed by atoms with Gasteiger partial charge in [-0.15, -0.1) is 0 Å². The lowest BCUT2D eigenvalue weighted by atomic mass is 10.2. The van der Waals surface area contributed by atoms with E-state index in [-0.39, 0.29) is 23.5 Å². The zero-order valence-corrected chi connectivity index (χ0v) is 14.7. The van der Waals surface area contributed by atoms with Crippen molar-refractivity contribution in [1.82, 2.24) is 15.1 Å². The van der Waals surface area contributed by atoms with Gasteiger partial charge in [0.25, 0.3) is 5.91 Å². The predicted octanol–water partition coefficient (Wildman–Crippen LogP) is 1.69. The molecule has 3 rings (SSSR count). The molecule has 1 atom stereocenters. The van der Waals surface area contributed by atoms with Crippen LogP contribution in [0.2, 0.25) is 5.15 Å². The van der Waals surface area contributed by atoms with Crippen LogP contribution in [0.15, 0.2) is 4.91 Å². The molecule has 22 heavy (non-hydrogen) atoms. The molecule has 2 saturated heterocycles. The number of hydrogen-bond donors (Lipinski definition) is 1. The van der Waals surface area contributed by atoms with Crippen molar-refractivity contribution in [3.63, 3.8) is 0 Å². The number of amides is 1. The van der Waals surface area contributed by atoms with Gasteiger partial charge in [-0.05, 0) is 19.4 Å². The summed E-state index contributed by atoms with van der Waals surface area (Å²) in [4.78, 5) is 12.2. The maximum atomic E-state index is 11.7. The van der Waals surface area contributed by atoms with E-state index in [4.69, 9.17) is 23.8 Å². The third-order valence-corrected chi connectivity index (χ3v) is 6.83. The molecular weight excluding hydrogens is 366 g/mol. The van der Waals surface area contributed by atoms with Gasteiger partial charge in [0.1, 0.15) is 9.47 Å². The first-order chi connectivity index (χ1) is 10.3. The molecule has 0 spiro atoms. The van der Waals surface area contributed by atoms with Crippen LogP contribution in [0.1, 0.15) is 23.7 Å². The molecular formula is C12H12ClN3O3S3. The third-order valence-electron chi connectivity index (χ3n) is 3.54. The molecule has 0 unspecified atom stereocenters.